The molecule has 0 spiro atoms. The molecule has 0 amide bonds. The van der Waals surface area contributed by atoms with Crippen LogP contribution in [0.25, 0.3) is 0 Å². The molecule has 15 heavy (non-hydrogen) atoms. The van der Waals surface area contributed by atoms with Gasteiger partial charge in [0.25, 0.3) is 0 Å². The predicted octanol–water partition coefficient (Wildman–Crippen LogP) is 1.69. The van der Waals surface area contributed by atoms with Crippen molar-refractivity contribution in [1.29, 1.82) is 0 Å². The summed E-state index contributed by atoms with van der Waals surface area (Å²) in [5.74, 6) is 0. The Labute approximate surface area is 93.4 Å². The highest BCUT2D eigenvalue weighted by Gasteiger charge is 2.36. The summed E-state index contributed by atoms with van der Waals surface area (Å²) in [5, 5.41) is 16.6. The summed E-state index contributed by atoms with van der Waals surface area (Å²) in [6.45, 7) is 0. The van der Waals surface area contributed by atoms with Crippen molar-refractivity contribution in [2.75, 3.05) is 0 Å². The van der Waals surface area contributed by atoms with E-state index >= 15 is 0 Å². The third-order valence-electron chi connectivity index (χ3n) is 1.69. The SMILES string of the molecule is OB(O)c1c(Cl)ccc(C(F)(F)F)c1Cl. The van der Waals surface area contributed by atoms with E-state index in [0.29, 0.717) is 6.07 Å². The second-order valence-corrected chi connectivity index (χ2v) is 3.48. The van der Waals surface area contributed by atoms with Gasteiger partial charge in [0.05, 0.1) is 10.6 Å². The van der Waals surface area contributed by atoms with Crippen molar-refractivity contribution in [2.24, 2.45) is 0 Å². The molecule has 0 fully saturated rings. The van der Waals surface area contributed by atoms with Gasteiger partial charge in [0.2, 0.25) is 0 Å². The molecule has 0 aromatic heterocycles. The van der Waals surface area contributed by atoms with Gasteiger partial charge in [-0.2, -0.15) is 13.2 Å². The lowest BCUT2D eigenvalue weighted by Gasteiger charge is -2.13. The van der Waals surface area contributed by atoms with E-state index < -0.39 is 29.3 Å². The van der Waals surface area contributed by atoms with Crippen LogP contribution >= 0.6 is 23.2 Å². The lowest BCUT2D eigenvalue weighted by Crippen LogP contribution is -2.33. The molecule has 0 bridgehead atoms. The smallest absolute Gasteiger partial charge is 0.423 e. The maximum absolute atomic E-state index is 12.3. The van der Waals surface area contributed by atoms with Crippen LogP contribution in [0.1, 0.15) is 5.56 Å². The van der Waals surface area contributed by atoms with E-state index in [2.05, 4.69) is 0 Å². The number of hydrogen-bond donors (Lipinski definition) is 2. The maximum Gasteiger partial charge on any atom is 0.491 e. The maximum atomic E-state index is 12.3. The van der Waals surface area contributed by atoms with Gasteiger partial charge in [-0.3, -0.25) is 0 Å². The van der Waals surface area contributed by atoms with Crippen molar-refractivity contribution in [3.05, 3.63) is 27.7 Å². The minimum atomic E-state index is -4.66. The zero-order chi connectivity index (χ0) is 11.8. The van der Waals surface area contributed by atoms with Crippen molar-refractivity contribution in [3.63, 3.8) is 0 Å². The minimum absolute atomic E-state index is 0.233. The van der Waals surface area contributed by atoms with Gasteiger partial charge < -0.3 is 10.0 Å². The quantitative estimate of drug-likeness (QED) is 0.753. The summed E-state index contributed by atoms with van der Waals surface area (Å²) in [6.07, 6.45) is -4.66. The molecule has 2 N–H and O–H groups in total. The van der Waals surface area contributed by atoms with E-state index in [1.165, 1.54) is 0 Å². The second-order valence-electron chi connectivity index (χ2n) is 2.69. The fraction of sp³-hybridized carbons (Fsp3) is 0.143. The first-order valence-electron chi connectivity index (χ1n) is 3.66. The Morgan fingerprint density at radius 1 is 1.13 bits per heavy atom. The molecule has 0 saturated carbocycles. The number of rotatable bonds is 1. The molecule has 1 aromatic carbocycles. The summed E-state index contributed by atoms with van der Waals surface area (Å²) >= 11 is 10.8. The molecule has 1 aromatic rings. The standard InChI is InChI=1S/C7H4BCl2F3O2/c9-4-2-1-3(7(11,12)13)6(10)5(4)8(14)15/h1-2,14-15H. The Morgan fingerprint density at radius 3 is 2.07 bits per heavy atom. The molecule has 2 nitrogen and oxygen atoms in total. The molecule has 0 aliphatic heterocycles. The largest absolute Gasteiger partial charge is 0.491 e. The van der Waals surface area contributed by atoms with Gasteiger partial charge >= 0.3 is 13.3 Å². The van der Waals surface area contributed by atoms with Crippen LogP contribution in [-0.4, -0.2) is 17.2 Å². The van der Waals surface area contributed by atoms with E-state index in [1.54, 1.807) is 0 Å². The van der Waals surface area contributed by atoms with Gasteiger partial charge in [0.15, 0.2) is 0 Å². The molecule has 0 aliphatic carbocycles. The topological polar surface area (TPSA) is 40.5 Å². The molecule has 0 unspecified atom stereocenters. The zero-order valence-electron chi connectivity index (χ0n) is 7.02. The predicted molar refractivity (Wildman–Crippen MR) is 51.3 cm³/mol. The average molecular weight is 259 g/mol. The highest BCUT2D eigenvalue weighted by molar-refractivity contribution is 6.66. The average Bonchev–Trinajstić information content (AvgIpc) is 2.00. The molecule has 1 rings (SSSR count). The van der Waals surface area contributed by atoms with E-state index in [0.717, 1.165) is 6.07 Å². The lowest BCUT2D eigenvalue weighted by molar-refractivity contribution is -0.137. The van der Waals surface area contributed by atoms with Crippen molar-refractivity contribution in [1.82, 2.24) is 0 Å². The van der Waals surface area contributed by atoms with Gasteiger partial charge in [-0.25, -0.2) is 0 Å². The Kier molecular flexibility index (Phi) is 3.55. The van der Waals surface area contributed by atoms with Gasteiger partial charge in [-0.15, -0.1) is 0 Å². The fourth-order valence-corrected chi connectivity index (χ4v) is 1.70. The number of benzene rings is 1. The first kappa shape index (κ1) is 12.6. The summed E-state index contributed by atoms with van der Waals surface area (Å²) in [5.41, 5.74) is -1.70. The molecule has 82 valence electrons. The number of hydrogen-bond acceptors (Lipinski definition) is 2. The molecule has 0 atom stereocenters. The van der Waals surface area contributed by atoms with Crippen LogP contribution in [0, 0.1) is 0 Å². The third kappa shape index (κ3) is 2.58. The van der Waals surface area contributed by atoms with Crippen LogP contribution in [-0.2, 0) is 6.18 Å². The van der Waals surface area contributed by atoms with Crippen LogP contribution in [0.15, 0.2) is 12.1 Å². The molecule has 8 heteroatoms. The minimum Gasteiger partial charge on any atom is -0.423 e. The van der Waals surface area contributed by atoms with Crippen LogP contribution in [0.5, 0.6) is 0 Å². The van der Waals surface area contributed by atoms with Crippen molar-refractivity contribution in [3.8, 4) is 0 Å². The van der Waals surface area contributed by atoms with Crippen LogP contribution in [0.3, 0.4) is 0 Å². The molecular weight excluding hydrogens is 255 g/mol. The Balaban J connectivity index is 3.42. The molecular formula is C7H4BCl2F3O2. The van der Waals surface area contributed by atoms with Crippen molar-refractivity contribution >= 4 is 35.8 Å². The zero-order valence-corrected chi connectivity index (χ0v) is 8.53. The molecule has 0 heterocycles. The highest BCUT2D eigenvalue weighted by atomic mass is 35.5. The summed E-state index contributed by atoms with van der Waals surface area (Å²) < 4.78 is 37.0. The fourth-order valence-electron chi connectivity index (χ4n) is 1.02. The first-order valence-corrected chi connectivity index (χ1v) is 4.42. The molecule has 0 aliphatic rings. The van der Waals surface area contributed by atoms with Crippen LogP contribution < -0.4 is 5.46 Å². The van der Waals surface area contributed by atoms with E-state index in [1.807, 2.05) is 0 Å². The highest BCUT2D eigenvalue weighted by Crippen LogP contribution is 2.34. The monoisotopic (exact) mass is 258 g/mol. The second kappa shape index (κ2) is 4.21. The molecule has 0 saturated heterocycles. The van der Waals surface area contributed by atoms with E-state index in [4.69, 9.17) is 33.2 Å². The number of halogens is 5. The third-order valence-corrected chi connectivity index (χ3v) is 2.43. The van der Waals surface area contributed by atoms with Gasteiger partial charge in [0.1, 0.15) is 0 Å². The van der Waals surface area contributed by atoms with Crippen LogP contribution in [0.4, 0.5) is 13.2 Å². The summed E-state index contributed by atoms with van der Waals surface area (Å²) in [4.78, 5) is 0. The normalized spacial score (nSPS) is 11.7. The van der Waals surface area contributed by atoms with Gasteiger partial charge in [-0.05, 0) is 12.1 Å². The van der Waals surface area contributed by atoms with Crippen LogP contribution in [0.2, 0.25) is 10.0 Å². The van der Waals surface area contributed by atoms with Crippen molar-refractivity contribution < 1.29 is 23.2 Å². The Hall–Kier alpha value is -0.425. The Bertz CT molecular complexity index is 381. The van der Waals surface area contributed by atoms with E-state index in [9.17, 15) is 13.2 Å². The first-order chi connectivity index (χ1) is 6.75. The van der Waals surface area contributed by atoms with Gasteiger partial charge in [0, 0.05) is 10.5 Å². The summed E-state index contributed by atoms with van der Waals surface area (Å²) in [6, 6.07) is 1.58. The Morgan fingerprint density at radius 2 is 1.67 bits per heavy atom. The molecule has 0 radical (unpaired) electrons. The lowest BCUT2D eigenvalue weighted by atomic mass is 9.79. The summed E-state index contributed by atoms with van der Waals surface area (Å²) in [7, 11) is -2.15. The van der Waals surface area contributed by atoms with Crippen molar-refractivity contribution in [2.45, 2.75) is 6.18 Å². The van der Waals surface area contributed by atoms with Gasteiger partial charge in [-0.1, -0.05) is 23.2 Å². The number of alkyl halides is 3. The van der Waals surface area contributed by atoms with E-state index in [-0.39, 0.29) is 5.02 Å².